The number of hydrogen-bond donors (Lipinski definition) is 1. The Balaban J connectivity index is 0.000000149. The van der Waals surface area contributed by atoms with Gasteiger partial charge in [0.2, 0.25) is 0 Å². The molecule has 6 aromatic rings. The van der Waals surface area contributed by atoms with Crippen molar-refractivity contribution in [2.75, 3.05) is 93.3 Å². The van der Waals surface area contributed by atoms with Crippen molar-refractivity contribution in [3.05, 3.63) is 180 Å². The average Bonchev–Trinajstić information content (AvgIpc) is 1.66. The zero-order valence-corrected chi connectivity index (χ0v) is 54.1. The zero-order valence-electron chi connectivity index (χ0n) is 53.3. The summed E-state index contributed by atoms with van der Waals surface area (Å²) in [4.78, 5) is 45.0. The molecule has 0 unspecified atom stereocenters. The maximum Gasteiger partial charge on any atom is 0.387 e. The number of carbonyl (C=O) groups excluding carboxylic acids is 3. The van der Waals surface area contributed by atoms with Crippen molar-refractivity contribution in [1.82, 2.24) is 4.90 Å². The predicted molar refractivity (Wildman–Crippen MR) is 348 cm³/mol. The molecule has 1 saturated heterocycles. The summed E-state index contributed by atoms with van der Waals surface area (Å²) in [6, 6.07) is 36.1. The van der Waals surface area contributed by atoms with E-state index < -0.39 is 35.9 Å². The highest BCUT2D eigenvalue weighted by atomic mass is 32.2. The fourth-order valence-corrected chi connectivity index (χ4v) is 11.5. The first-order valence-corrected chi connectivity index (χ1v) is 33.8. The molecular weight excluding hydrogens is 1310 g/mol. The number of nitrogens with zero attached hydrogens (tertiary/aromatic N) is 4. The van der Waals surface area contributed by atoms with Crippen molar-refractivity contribution in [3.63, 3.8) is 0 Å². The van der Waals surface area contributed by atoms with Gasteiger partial charge in [0.15, 0.2) is 51.8 Å². The minimum atomic E-state index is -3.66. The average molecular weight is 1380 g/mol. The van der Waals surface area contributed by atoms with Crippen LogP contribution in [0.3, 0.4) is 0 Å². The molecule has 4 aliphatic heterocycles. The maximum absolute atomic E-state index is 13.0. The Bertz CT molecular complexity index is 3980. The number of rotatable bonds is 30. The molecule has 3 aliphatic carbocycles. The molecule has 0 atom stereocenters. The van der Waals surface area contributed by atoms with Gasteiger partial charge in [0.1, 0.15) is 43.7 Å². The molecule has 1 N–H and O–H groups in total. The standard InChI is InChI=1S/C26H28F2N2O4.C23H23F2NO7S.C22H21F2NO5/c27-26(28)34-24-17-20(7-10-22(24)32-16-15-29-12-1-2-13-29)30-14-11-23(25(30)31)33-21-8-5-19(6-9-21)18-3-4-18;1-34(28,29)31-13-12-30-19-9-6-17(14-21(19)33-23(24)25)26-11-10-20(22(26)27)32-18-7-4-16(5-8-18)15-2-3-15;23-22(24)30-20-13-16(5-8-18(20)28-12-11-26)25-10-9-19(21(25)27)29-17-6-3-15(4-7-17)14-1-2-14/h5-11,17-18,26H,1-4,12-16H2;4-10,14-15,23H,2-3,11-13H2,1H3;3-9,13-14,22,26H,1-2,10-12H2. The maximum atomic E-state index is 13.0. The van der Waals surface area contributed by atoms with Crippen molar-refractivity contribution >= 4 is 44.9 Å². The Morgan fingerprint density at radius 1 is 0.439 bits per heavy atom. The summed E-state index contributed by atoms with van der Waals surface area (Å²) in [7, 11) is -3.66. The third-order valence-electron chi connectivity index (χ3n) is 16.4. The van der Waals surface area contributed by atoms with E-state index in [1.807, 2.05) is 72.8 Å². The van der Waals surface area contributed by atoms with Gasteiger partial charge in [-0.2, -0.15) is 34.8 Å². The van der Waals surface area contributed by atoms with Crippen molar-refractivity contribution in [2.24, 2.45) is 0 Å². The lowest BCUT2D eigenvalue weighted by Crippen LogP contribution is -2.28. The number of carbonyl (C=O) groups is 3. The number of aliphatic hydroxyl groups is 1. The number of benzene rings is 6. The third-order valence-corrected chi connectivity index (χ3v) is 17.0. The summed E-state index contributed by atoms with van der Waals surface area (Å²) in [5.74, 6) is 2.59. The number of likely N-dealkylation sites (tertiary alicyclic amines) is 1. The largest absolute Gasteiger partial charge is 0.488 e. The molecule has 98 heavy (non-hydrogen) atoms. The first kappa shape index (κ1) is 69.9. The van der Waals surface area contributed by atoms with E-state index in [0.29, 0.717) is 58.7 Å². The van der Waals surface area contributed by atoms with Crippen LogP contribution in [0.25, 0.3) is 0 Å². The topological polar surface area (TPSA) is 211 Å². The number of alkyl halides is 6. The van der Waals surface area contributed by atoms with E-state index >= 15 is 0 Å². The smallest absolute Gasteiger partial charge is 0.387 e. The quantitative estimate of drug-likeness (QED) is 0.0252. The van der Waals surface area contributed by atoms with E-state index in [9.17, 15) is 49.1 Å². The number of anilines is 3. The van der Waals surface area contributed by atoms with Crippen LogP contribution in [-0.4, -0.2) is 135 Å². The van der Waals surface area contributed by atoms with E-state index in [1.165, 1.54) is 119 Å². The first-order valence-electron chi connectivity index (χ1n) is 32.0. The Labute approximate surface area is 562 Å². The lowest BCUT2D eigenvalue weighted by Gasteiger charge is -2.20. The van der Waals surface area contributed by atoms with Gasteiger partial charge in [-0.15, -0.1) is 0 Å². The van der Waals surface area contributed by atoms with Crippen LogP contribution in [0.15, 0.2) is 163 Å². The lowest BCUT2D eigenvalue weighted by atomic mass is 10.1. The van der Waals surface area contributed by atoms with Crippen LogP contribution < -0.4 is 57.3 Å². The minimum Gasteiger partial charge on any atom is -0.488 e. The van der Waals surface area contributed by atoms with Crippen molar-refractivity contribution < 1.29 is 101 Å². The SMILES string of the molecule is CS(=O)(=O)OCCOc1ccc(N2CC=C(Oc3ccc(C4CC4)cc3)C2=O)cc1OC(F)F.O=C1C(Oc2ccc(C3CC3)cc2)=CCN1c1ccc(OCCN2CCCC2)c(OC(F)F)c1.O=C1C(Oc2ccc(C3CC3)cc2)=CCN1c1ccc(OCCO)c(OC(F)F)c1. The van der Waals surface area contributed by atoms with E-state index in [-0.39, 0.29) is 110 Å². The van der Waals surface area contributed by atoms with Crippen LogP contribution in [-0.2, 0) is 28.7 Å². The molecule has 0 bridgehead atoms. The number of amides is 3. The lowest BCUT2D eigenvalue weighted by molar-refractivity contribution is -0.117. The van der Waals surface area contributed by atoms with Crippen LogP contribution in [0.4, 0.5) is 43.4 Å². The molecule has 520 valence electrons. The van der Waals surface area contributed by atoms with E-state index in [4.69, 9.17) is 38.3 Å². The van der Waals surface area contributed by atoms with E-state index in [0.717, 1.165) is 25.9 Å². The second-order valence-electron chi connectivity index (χ2n) is 23.7. The van der Waals surface area contributed by atoms with Gasteiger partial charge in [0.25, 0.3) is 27.8 Å². The molecule has 0 radical (unpaired) electrons. The number of ether oxygens (including phenoxy) is 9. The molecule has 3 amide bonds. The van der Waals surface area contributed by atoms with Gasteiger partial charge in [-0.05, 0) is 190 Å². The summed E-state index contributed by atoms with van der Waals surface area (Å²) < 4.78 is 151. The molecule has 4 fully saturated rings. The second kappa shape index (κ2) is 32.3. The molecule has 20 nitrogen and oxygen atoms in total. The van der Waals surface area contributed by atoms with Gasteiger partial charge >= 0.3 is 19.8 Å². The van der Waals surface area contributed by atoms with Crippen molar-refractivity contribution in [3.8, 4) is 51.7 Å². The monoisotopic (exact) mass is 1380 g/mol. The van der Waals surface area contributed by atoms with Gasteiger partial charge in [-0.3, -0.25) is 23.5 Å². The molecule has 6 aromatic carbocycles. The molecule has 0 aromatic heterocycles. The molecule has 7 aliphatic rings. The number of aliphatic hydroxyl groups excluding tert-OH is 1. The first-order chi connectivity index (χ1) is 47.3. The van der Waals surface area contributed by atoms with Crippen LogP contribution in [0, 0.1) is 0 Å². The van der Waals surface area contributed by atoms with E-state index in [2.05, 4.69) is 18.6 Å². The summed E-state index contributed by atoms with van der Waals surface area (Å²) in [5.41, 5.74) is 4.91. The summed E-state index contributed by atoms with van der Waals surface area (Å²) in [5, 5.41) is 8.87. The summed E-state index contributed by atoms with van der Waals surface area (Å²) in [6.07, 6.45) is 15.4. The fourth-order valence-electron chi connectivity index (χ4n) is 11.1. The number of hydrogen-bond acceptors (Lipinski definition) is 17. The summed E-state index contributed by atoms with van der Waals surface area (Å²) >= 11 is 0. The number of halogens is 6. The van der Waals surface area contributed by atoms with Gasteiger partial charge in [0.05, 0.1) is 12.9 Å². The highest BCUT2D eigenvalue weighted by Gasteiger charge is 2.33. The van der Waals surface area contributed by atoms with Crippen LogP contribution >= 0.6 is 0 Å². The highest BCUT2D eigenvalue weighted by Crippen LogP contribution is 2.44. The molecular formula is C71H72F6N4O16S. The van der Waals surface area contributed by atoms with Crippen LogP contribution in [0.1, 0.15) is 85.8 Å². The highest BCUT2D eigenvalue weighted by molar-refractivity contribution is 7.86. The van der Waals surface area contributed by atoms with Gasteiger partial charge < -0.3 is 62.4 Å². The van der Waals surface area contributed by atoms with Crippen molar-refractivity contribution in [1.29, 1.82) is 0 Å². The molecule has 4 heterocycles. The Hall–Kier alpha value is -9.44. The van der Waals surface area contributed by atoms with Gasteiger partial charge in [-0.1, -0.05) is 36.4 Å². The second-order valence-corrected chi connectivity index (χ2v) is 25.3. The van der Waals surface area contributed by atoms with E-state index in [1.54, 1.807) is 36.4 Å². The Kier molecular flexibility index (Phi) is 23.0. The molecule has 13 rings (SSSR count). The Morgan fingerprint density at radius 3 is 1.07 bits per heavy atom. The van der Waals surface area contributed by atoms with Crippen LogP contribution in [0.5, 0.6) is 51.7 Å². The minimum absolute atomic E-state index is 0.0482. The van der Waals surface area contributed by atoms with Gasteiger partial charge in [0, 0.05) is 61.4 Å². The predicted octanol–water partition coefficient (Wildman–Crippen LogP) is 12.6. The summed E-state index contributed by atoms with van der Waals surface area (Å²) in [6.45, 7) is -6.18. The molecule has 3 saturated carbocycles. The van der Waals surface area contributed by atoms with Gasteiger partial charge in [-0.25, -0.2) is 0 Å². The zero-order chi connectivity index (χ0) is 68.9. The third kappa shape index (κ3) is 19.4. The normalized spacial score (nSPS) is 16.9. The van der Waals surface area contributed by atoms with Crippen LogP contribution in [0.2, 0.25) is 0 Å². The molecule has 27 heteroatoms. The Morgan fingerprint density at radius 2 is 0.765 bits per heavy atom. The fraction of sp³-hybridized carbons (Fsp3) is 0.366. The van der Waals surface area contributed by atoms with Crippen molar-refractivity contribution in [2.45, 2.75) is 89.0 Å². The molecule has 0 spiro atoms.